The number of carboxylic acid groups (broad SMARTS) is 1. The van der Waals surface area contributed by atoms with E-state index >= 15 is 0 Å². The summed E-state index contributed by atoms with van der Waals surface area (Å²) < 4.78 is 11.3. The number of pyridine rings is 1. The van der Waals surface area contributed by atoms with Gasteiger partial charge in [-0.15, -0.1) is 0 Å². The van der Waals surface area contributed by atoms with Gasteiger partial charge in [0.1, 0.15) is 17.1 Å². The number of ether oxygens (including phenoxy) is 2. The van der Waals surface area contributed by atoms with Crippen LogP contribution < -0.4 is 9.47 Å². The number of nitrogens with zero attached hydrogens (tertiary/aromatic N) is 1. The zero-order valence-corrected chi connectivity index (χ0v) is 11.5. The molecule has 0 radical (unpaired) electrons. The quantitative estimate of drug-likeness (QED) is 0.934. The first-order valence-corrected chi connectivity index (χ1v) is 6.10. The topological polar surface area (TPSA) is 68.7 Å². The molecule has 0 aliphatic carbocycles. The summed E-state index contributed by atoms with van der Waals surface area (Å²) in [5, 5.41) is 9.12. The van der Waals surface area contributed by atoms with E-state index in [1.54, 1.807) is 24.3 Å². The Morgan fingerprint density at radius 1 is 1.26 bits per heavy atom. The summed E-state index contributed by atoms with van der Waals surface area (Å²) >= 11 is 3.31. The molecule has 1 aromatic heterocycles. The summed E-state index contributed by atoms with van der Waals surface area (Å²) in [5.41, 5.74) is -0.0535. The van der Waals surface area contributed by atoms with E-state index in [2.05, 4.69) is 20.9 Å². The predicted molar refractivity (Wildman–Crippen MR) is 72.0 cm³/mol. The van der Waals surface area contributed by atoms with Crippen LogP contribution in [0.2, 0.25) is 0 Å². The number of carbonyl (C=O) groups is 1. The fourth-order valence-corrected chi connectivity index (χ4v) is 1.66. The van der Waals surface area contributed by atoms with Crippen molar-refractivity contribution >= 4 is 21.9 Å². The van der Waals surface area contributed by atoms with Crippen LogP contribution in [0, 0.1) is 0 Å². The molecular weight excluding hydrogens is 314 g/mol. The Bertz CT molecular complexity index is 598. The number of carboxylic acids is 1. The average molecular weight is 324 g/mol. The molecule has 98 valence electrons. The van der Waals surface area contributed by atoms with Gasteiger partial charge < -0.3 is 14.6 Å². The minimum Gasteiger partial charge on any atom is -0.495 e. The van der Waals surface area contributed by atoms with E-state index in [1.165, 1.54) is 19.4 Å². The van der Waals surface area contributed by atoms with Crippen molar-refractivity contribution in [2.24, 2.45) is 0 Å². The molecule has 0 unspecified atom stereocenters. The van der Waals surface area contributed by atoms with E-state index in [9.17, 15) is 4.79 Å². The highest BCUT2D eigenvalue weighted by atomic mass is 79.9. The van der Waals surface area contributed by atoms with Crippen LogP contribution in [0.3, 0.4) is 0 Å². The summed E-state index contributed by atoms with van der Waals surface area (Å²) in [4.78, 5) is 15.1. The molecule has 0 fully saturated rings. The molecule has 0 atom stereocenters. The van der Waals surface area contributed by atoms with Crippen LogP contribution in [-0.2, 0) is 0 Å². The second-order valence-electron chi connectivity index (χ2n) is 3.59. The Hall–Kier alpha value is -2.08. The van der Waals surface area contributed by atoms with Gasteiger partial charge >= 0.3 is 5.97 Å². The Kier molecular flexibility index (Phi) is 4.01. The van der Waals surface area contributed by atoms with Crippen molar-refractivity contribution < 1.29 is 19.4 Å². The molecule has 2 aromatic rings. The minimum atomic E-state index is -1.13. The van der Waals surface area contributed by atoms with Gasteiger partial charge in [-0.3, -0.25) is 0 Å². The number of hydrogen-bond acceptors (Lipinski definition) is 4. The zero-order chi connectivity index (χ0) is 13.8. The molecule has 0 aliphatic heterocycles. The van der Waals surface area contributed by atoms with Gasteiger partial charge in [0.15, 0.2) is 0 Å². The highest BCUT2D eigenvalue weighted by molar-refractivity contribution is 9.10. The Morgan fingerprint density at radius 2 is 1.95 bits per heavy atom. The first-order valence-electron chi connectivity index (χ1n) is 5.31. The van der Waals surface area contributed by atoms with Crippen LogP contribution in [0.4, 0.5) is 0 Å². The third-order valence-corrected chi connectivity index (χ3v) is 2.85. The van der Waals surface area contributed by atoms with E-state index in [4.69, 9.17) is 14.6 Å². The SMILES string of the molecule is COc1cnc(Oc2ccc(Br)cc2)c(C(=O)O)c1. The summed E-state index contributed by atoms with van der Waals surface area (Å²) in [5.74, 6) is -0.238. The average Bonchev–Trinajstić information content (AvgIpc) is 2.41. The molecule has 2 rings (SSSR count). The van der Waals surface area contributed by atoms with Crippen LogP contribution in [0.15, 0.2) is 41.0 Å². The van der Waals surface area contributed by atoms with Crippen LogP contribution in [0.25, 0.3) is 0 Å². The lowest BCUT2D eigenvalue weighted by Crippen LogP contribution is -2.02. The van der Waals surface area contributed by atoms with Crippen LogP contribution in [-0.4, -0.2) is 23.2 Å². The van der Waals surface area contributed by atoms with Gasteiger partial charge in [0.05, 0.1) is 13.3 Å². The largest absolute Gasteiger partial charge is 0.495 e. The number of aromatic carboxylic acids is 1. The lowest BCUT2D eigenvalue weighted by Gasteiger charge is -2.08. The molecule has 1 N–H and O–H groups in total. The maximum atomic E-state index is 11.2. The molecule has 5 nitrogen and oxygen atoms in total. The fourth-order valence-electron chi connectivity index (χ4n) is 1.39. The molecule has 0 amide bonds. The zero-order valence-electron chi connectivity index (χ0n) is 9.96. The monoisotopic (exact) mass is 323 g/mol. The Balaban J connectivity index is 2.33. The second kappa shape index (κ2) is 5.71. The van der Waals surface area contributed by atoms with E-state index in [0.717, 1.165) is 4.47 Å². The van der Waals surface area contributed by atoms with E-state index in [0.29, 0.717) is 11.5 Å². The van der Waals surface area contributed by atoms with Gasteiger partial charge in [0.2, 0.25) is 5.88 Å². The molecule has 0 saturated heterocycles. The van der Waals surface area contributed by atoms with Gasteiger partial charge in [-0.2, -0.15) is 0 Å². The Labute approximate surface area is 117 Å². The van der Waals surface area contributed by atoms with E-state index in [-0.39, 0.29) is 11.4 Å². The van der Waals surface area contributed by atoms with Crippen LogP contribution >= 0.6 is 15.9 Å². The molecule has 0 saturated carbocycles. The third-order valence-electron chi connectivity index (χ3n) is 2.32. The van der Waals surface area contributed by atoms with E-state index < -0.39 is 5.97 Å². The fraction of sp³-hybridized carbons (Fsp3) is 0.0769. The number of benzene rings is 1. The number of rotatable bonds is 4. The van der Waals surface area contributed by atoms with E-state index in [1.807, 2.05) is 0 Å². The molecule has 6 heteroatoms. The van der Waals surface area contributed by atoms with Crippen molar-refractivity contribution in [1.82, 2.24) is 4.98 Å². The van der Waals surface area contributed by atoms with Crippen molar-refractivity contribution in [2.75, 3.05) is 7.11 Å². The highest BCUT2D eigenvalue weighted by Crippen LogP contribution is 2.27. The van der Waals surface area contributed by atoms with Gasteiger partial charge in [0.25, 0.3) is 0 Å². The number of hydrogen-bond donors (Lipinski definition) is 1. The summed E-state index contributed by atoms with van der Waals surface area (Å²) in [6, 6.07) is 8.37. The van der Waals surface area contributed by atoms with Crippen LogP contribution in [0.1, 0.15) is 10.4 Å². The number of methoxy groups -OCH3 is 1. The van der Waals surface area contributed by atoms with Crippen molar-refractivity contribution in [3.05, 3.63) is 46.6 Å². The molecule has 0 aliphatic rings. The number of aromatic nitrogens is 1. The first-order chi connectivity index (χ1) is 9.10. The lowest BCUT2D eigenvalue weighted by atomic mass is 10.2. The third kappa shape index (κ3) is 3.23. The van der Waals surface area contributed by atoms with Gasteiger partial charge in [-0.1, -0.05) is 15.9 Å². The summed E-state index contributed by atoms with van der Waals surface area (Å²) in [6.07, 6.45) is 1.40. The lowest BCUT2D eigenvalue weighted by molar-refractivity contribution is 0.0693. The smallest absolute Gasteiger partial charge is 0.341 e. The van der Waals surface area contributed by atoms with Gasteiger partial charge in [-0.05, 0) is 24.3 Å². The number of halogens is 1. The summed E-state index contributed by atoms with van der Waals surface area (Å²) in [6.45, 7) is 0. The van der Waals surface area contributed by atoms with Crippen molar-refractivity contribution in [1.29, 1.82) is 0 Å². The van der Waals surface area contributed by atoms with Crippen molar-refractivity contribution in [2.45, 2.75) is 0 Å². The molecule has 0 spiro atoms. The predicted octanol–water partition coefficient (Wildman–Crippen LogP) is 3.34. The molecule has 1 aromatic carbocycles. The van der Waals surface area contributed by atoms with Crippen LogP contribution in [0.5, 0.6) is 17.4 Å². The minimum absolute atomic E-state index is 0.0237. The van der Waals surface area contributed by atoms with Gasteiger partial charge in [0, 0.05) is 10.5 Å². The Morgan fingerprint density at radius 3 is 2.53 bits per heavy atom. The summed E-state index contributed by atoms with van der Waals surface area (Å²) in [7, 11) is 1.44. The van der Waals surface area contributed by atoms with Crippen molar-refractivity contribution in [3.8, 4) is 17.4 Å². The molecular formula is C13H10BrNO4. The molecule has 19 heavy (non-hydrogen) atoms. The maximum absolute atomic E-state index is 11.2. The van der Waals surface area contributed by atoms with Gasteiger partial charge in [-0.25, -0.2) is 9.78 Å². The highest BCUT2D eigenvalue weighted by Gasteiger charge is 2.15. The second-order valence-corrected chi connectivity index (χ2v) is 4.50. The first kappa shape index (κ1) is 13.4. The molecule has 0 bridgehead atoms. The van der Waals surface area contributed by atoms with Crippen molar-refractivity contribution in [3.63, 3.8) is 0 Å². The normalized spacial score (nSPS) is 10.0. The standard InChI is InChI=1S/C13H10BrNO4/c1-18-10-6-11(13(16)17)12(15-7-10)19-9-4-2-8(14)3-5-9/h2-7H,1H3,(H,16,17). The molecule has 1 heterocycles. The maximum Gasteiger partial charge on any atom is 0.341 e.